The summed E-state index contributed by atoms with van der Waals surface area (Å²) >= 11 is 6.64. The molecule has 0 bridgehead atoms. The molecule has 6 nitrogen and oxygen atoms in total. The number of likely N-dealkylation sites (N-methyl/N-ethyl adjacent to an activating group) is 1. The standard InChI is InChI=1S/C22H35ClN6.HI/c1-24-22(29-11-8-18(17-29)27-9-3-4-10-27)25-16-19-20(23)6-5-7-21(19)28-14-12-26(2)13-15-28;/h5-7,18H,3-4,8-17H2,1-2H3,(H,24,25);1H. The highest BCUT2D eigenvalue weighted by molar-refractivity contribution is 14.0. The van der Waals surface area contributed by atoms with Gasteiger partial charge < -0.3 is 20.0 Å². The summed E-state index contributed by atoms with van der Waals surface area (Å²) < 4.78 is 0. The molecule has 168 valence electrons. The zero-order chi connectivity index (χ0) is 20.2. The second-order valence-corrected chi connectivity index (χ2v) is 8.97. The molecule has 0 saturated carbocycles. The predicted molar refractivity (Wildman–Crippen MR) is 138 cm³/mol. The molecule has 3 heterocycles. The van der Waals surface area contributed by atoms with Crippen LogP contribution < -0.4 is 10.2 Å². The fourth-order valence-corrected chi connectivity index (χ4v) is 5.14. The van der Waals surface area contributed by atoms with Crippen molar-refractivity contribution in [1.82, 2.24) is 20.0 Å². The molecule has 3 fully saturated rings. The Kier molecular flexibility index (Phi) is 8.92. The van der Waals surface area contributed by atoms with Gasteiger partial charge in [0.1, 0.15) is 0 Å². The van der Waals surface area contributed by atoms with Crippen molar-refractivity contribution in [3.63, 3.8) is 0 Å². The first-order chi connectivity index (χ1) is 14.2. The fraction of sp³-hybridized carbons (Fsp3) is 0.682. The Balaban J connectivity index is 0.00000256. The van der Waals surface area contributed by atoms with E-state index in [0.717, 1.165) is 50.3 Å². The molecule has 3 aliphatic heterocycles. The van der Waals surface area contributed by atoms with E-state index in [1.165, 1.54) is 43.6 Å². The molecule has 0 aliphatic carbocycles. The molecule has 1 aromatic carbocycles. The minimum atomic E-state index is 0. The van der Waals surface area contributed by atoms with Crippen LogP contribution in [0.2, 0.25) is 5.02 Å². The number of benzene rings is 1. The van der Waals surface area contributed by atoms with Gasteiger partial charge in [-0.25, -0.2) is 0 Å². The van der Waals surface area contributed by atoms with E-state index in [1.807, 2.05) is 13.1 Å². The van der Waals surface area contributed by atoms with E-state index in [0.29, 0.717) is 12.6 Å². The quantitative estimate of drug-likeness (QED) is 0.357. The van der Waals surface area contributed by atoms with Gasteiger partial charge in [0.25, 0.3) is 0 Å². The summed E-state index contributed by atoms with van der Waals surface area (Å²) in [5.74, 6) is 0.996. The minimum absolute atomic E-state index is 0. The Morgan fingerprint density at radius 2 is 1.83 bits per heavy atom. The normalized spacial score (nSPS) is 23.7. The highest BCUT2D eigenvalue weighted by Gasteiger charge is 2.30. The Labute approximate surface area is 203 Å². The molecule has 1 N–H and O–H groups in total. The number of likely N-dealkylation sites (tertiary alicyclic amines) is 2. The number of nitrogens with one attached hydrogen (secondary N) is 1. The third-order valence-electron chi connectivity index (χ3n) is 6.69. The van der Waals surface area contributed by atoms with Gasteiger partial charge in [-0.05, 0) is 51.5 Å². The van der Waals surface area contributed by atoms with Gasteiger partial charge in [0, 0.05) is 75.2 Å². The second kappa shape index (κ2) is 11.2. The molecule has 0 aromatic heterocycles. The number of anilines is 1. The lowest BCUT2D eigenvalue weighted by Crippen LogP contribution is -2.45. The van der Waals surface area contributed by atoms with Crippen molar-refractivity contribution in [1.29, 1.82) is 0 Å². The third kappa shape index (κ3) is 5.53. The van der Waals surface area contributed by atoms with Gasteiger partial charge in [0.2, 0.25) is 0 Å². The largest absolute Gasteiger partial charge is 0.369 e. The van der Waals surface area contributed by atoms with Crippen LogP contribution in [0.15, 0.2) is 23.2 Å². The van der Waals surface area contributed by atoms with E-state index in [-0.39, 0.29) is 24.0 Å². The molecular weight excluding hydrogens is 511 g/mol. The molecule has 3 saturated heterocycles. The van der Waals surface area contributed by atoms with Crippen LogP contribution in [0.25, 0.3) is 0 Å². The first kappa shape index (κ1) is 23.9. The number of nitrogens with zero attached hydrogens (tertiary/aromatic N) is 5. The van der Waals surface area contributed by atoms with E-state index < -0.39 is 0 Å². The number of hydrogen-bond donors (Lipinski definition) is 1. The van der Waals surface area contributed by atoms with Gasteiger partial charge in [-0.2, -0.15) is 0 Å². The van der Waals surface area contributed by atoms with Crippen LogP contribution in [-0.4, -0.2) is 93.2 Å². The number of aliphatic imine (C=N–C) groups is 1. The average Bonchev–Trinajstić information content (AvgIpc) is 3.42. The van der Waals surface area contributed by atoms with Crippen molar-refractivity contribution in [2.75, 3.05) is 71.4 Å². The molecule has 1 atom stereocenters. The molecule has 1 unspecified atom stereocenters. The predicted octanol–water partition coefficient (Wildman–Crippen LogP) is 2.96. The zero-order valence-corrected chi connectivity index (χ0v) is 21.4. The summed E-state index contributed by atoms with van der Waals surface area (Å²) in [6.07, 6.45) is 3.94. The summed E-state index contributed by atoms with van der Waals surface area (Å²) in [4.78, 5) is 14.5. The van der Waals surface area contributed by atoms with Crippen molar-refractivity contribution in [3.05, 3.63) is 28.8 Å². The monoisotopic (exact) mass is 546 g/mol. The van der Waals surface area contributed by atoms with Gasteiger partial charge in [-0.3, -0.25) is 9.89 Å². The number of halogens is 2. The van der Waals surface area contributed by atoms with Gasteiger partial charge in [0.15, 0.2) is 5.96 Å². The molecule has 3 aliphatic rings. The SMILES string of the molecule is CN=C(NCc1c(Cl)cccc1N1CCN(C)CC1)N1CCC(N2CCCC2)C1.I. The van der Waals surface area contributed by atoms with Crippen LogP contribution in [0, 0.1) is 0 Å². The highest BCUT2D eigenvalue weighted by Crippen LogP contribution is 2.28. The smallest absolute Gasteiger partial charge is 0.193 e. The first-order valence-corrected chi connectivity index (χ1v) is 11.4. The molecule has 8 heteroatoms. The van der Waals surface area contributed by atoms with Crippen molar-refractivity contribution in [3.8, 4) is 0 Å². The Morgan fingerprint density at radius 1 is 1.10 bits per heavy atom. The lowest BCUT2D eigenvalue weighted by atomic mass is 10.1. The maximum absolute atomic E-state index is 6.64. The van der Waals surface area contributed by atoms with Crippen LogP contribution in [0.1, 0.15) is 24.8 Å². The summed E-state index contributed by atoms with van der Waals surface area (Å²) in [5, 5.41) is 4.44. The van der Waals surface area contributed by atoms with Crippen LogP contribution in [0.4, 0.5) is 5.69 Å². The van der Waals surface area contributed by atoms with Crippen LogP contribution >= 0.6 is 35.6 Å². The van der Waals surface area contributed by atoms with Crippen molar-refractivity contribution >= 4 is 47.2 Å². The topological polar surface area (TPSA) is 37.4 Å². The maximum atomic E-state index is 6.64. The van der Waals surface area contributed by atoms with E-state index in [2.05, 4.69) is 49.1 Å². The highest BCUT2D eigenvalue weighted by atomic mass is 127. The molecule has 4 rings (SSSR count). The summed E-state index contributed by atoms with van der Waals surface area (Å²) in [6, 6.07) is 6.95. The molecule has 0 radical (unpaired) electrons. The second-order valence-electron chi connectivity index (χ2n) is 8.56. The van der Waals surface area contributed by atoms with Crippen LogP contribution in [-0.2, 0) is 6.54 Å². The minimum Gasteiger partial charge on any atom is -0.369 e. The summed E-state index contributed by atoms with van der Waals surface area (Å²) in [5.41, 5.74) is 2.43. The van der Waals surface area contributed by atoms with Crippen LogP contribution in [0.5, 0.6) is 0 Å². The average molecular weight is 547 g/mol. The van der Waals surface area contributed by atoms with Crippen molar-refractivity contribution in [2.45, 2.75) is 31.8 Å². The Hall–Kier alpha value is -0.770. The van der Waals surface area contributed by atoms with Gasteiger partial charge in [-0.15, -0.1) is 24.0 Å². The van der Waals surface area contributed by atoms with Gasteiger partial charge >= 0.3 is 0 Å². The lowest BCUT2D eigenvalue weighted by Gasteiger charge is -2.35. The Bertz CT molecular complexity index is 716. The summed E-state index contributed by atoms with van der Waals surface area (Å²) in [6.45, 7) is 9.65. The lowest BCUT2D eigenvalue weighted by molar-refractivity contribution is 0.249. The van der Waals surface area contributed by atoms with E-state index in [4.69, 9.17) is 11.6 Å². The molecule has 0 amide bonds. The van der Waals surface area contributed by atoms with Crippen molar-refractivity contribution in [2.24, 2.45) is 4.99 Å². The molecule has 0 spiro atoms. The third-order valence-corrected chi connectivity index (χ3v) is 7.05. The van der Waals surface area contributed by atoms with Gasteiger partial charge in [0.05, 0.1) is 0 Å². The van der Waals surface area contributed by atoms with E-state index in [9.17, 15) is 0 Å². The van der Waals surface area contributed by atoms with Crippen molar-refractivity contribution < 1.29 is 0 Å². The Morgan fingerprint density at radius 3 is 2.53 bits per heavy atom. The van der Waals surface area contributed by atoms with E-state index >= 15 is 0 Å². The van der Waals surface area contributed by atoms with Gasteiger partial charge in [-0.1, -0.05) is 17.7 Å². The fourth-order valence-electron chi connectivity index (χ4n) is 4.90. The number of hydrogen-bond acceptors (Lipinski definition) is 4. The zero-order valence-electron chi connectivity index (χ0n) is 18.3. The molecule has 1 aromatic rings. The number of piperazine rings is 1. The van der Waals surface area contributed by atoms with E-state index in [1.54, 1.807) is 0 Å². The molecular formula is C22H36ClIN6. The summed E-state index contributed by atoms with van der Waals surface area (Å²) in [7, 11) is 4.08. The van der Waals surface area contributed by atoms with Crippen LogP contribution in [0.3, 0.4) is 0 Å². The first-order valence-electron chi connectivity index (χ1n) is 11.1. The number of guanidine groups is 1. The number of rotatable bonds is 4. The molecule has 30 heavy (non-hydrogen) atoms. The maximum Gasteiger partial charge on any atom is 0.193 e.